The van der Waals surface area contributed by atoms with Crippen LogP contribution in [0.4, 0.5) is 0 Å². The maximum absolute atomic E-state index is 13.9. The van der Waals surface area contributed by atoms with Gasteiger partial charge in [0.25, 0.3) is 5.91 Å². The number of hydrogen-bond acceptors (Lipinski definition) is 4. The van der Waals surface area contributed by atoms with Crippen molar-refractivity contribution in [1.29, 1.82) is 0 Å². The number of piperazine rings is 1. The molecule has 38 heavy (non-hydrogen) atoms. The Morgan fingerprint density at radius 1 is 0.816 bits per heavy atom. The molecule has 2 saturated heterocycles. The van der Waals surface area contributed by atoms with Gasteiger partial charge < -0.3 is 9.80 Å². The predicted molar refractivity (Wildman–Crippen MR) is 155 cm³/mol. The molecule has 3 aromatic rings. The minimum Gasteiger partial charge on any atom is -0.338 e. The molecule has 0 saturated carbocycles. The lowest BCUT2D eigenvalue weighted by Crippen LogP contribution is -2.55. The van der Waals surface area contributed by atoms with Gasteiger partial charge in [0, 0.05) is 44.0 Å². The Bertz CT molecular complexity index is 1230. The van der Waals surface area contributed by atoms with Gasteiger partial charge in [0.15, 0.2) is 0 Å². The summed E-state index contributed by atoms with van der Waals surface area (Å²) in [4.78, 5) is 33.9. The Kier molecular flexibility index (Phi) is 7.91. The summed E-state index contributed by atoms with van der Waals surface area (Å²) in [6.07, 6.45) is 0. The van der Waals surface area contributed by atoms with E-state index in [2.05, 4.69) is 74.2 Å². The van der Waals surface area contributed by atoms with E-state index < -0.39 is 6.04 Å². The van der Waals surface area contributed by atoms with Crippen molar-refractivity contribution in [3.05, 3.63) is 107 Å². The molecule has 0 bridgehead atoms. The number of nitrogens with zero attached hydrogens (tertiary/aromatic N) is 3. The minimum atomic E-state index is -0.472. The molecule has 2 amide bonds. The van der Waals surface area contributed by atoms with Gasteiger partial charge in [-0.15, -0.1) is 11.8 Å². The van der Waals surface area contributed by atoms with Crippen LogP contribution in [0, 0.1) is 0 Å². The fourth-order valence-corrected chi connectivity index (χ4v) is 6.68. The third-order valence-electron chi connectivity index (χ3n) is 7.54. The Morgan fingerprint density at radius 2 is 1.42 bits per heavy atom. The van der Waals surface area contributed by atoms with Crippen molar-refractivity contribution < 1.29 is 9.59 Å². The second-order valence-electron chi connectivity index (χ2n) is 11.2. The van der Waals surface area contributed by atoms with Gasteiger partial charge in [-0.05, 0) is 34.2 Å². The molecule has 6 heteroatoms. The summed E-state index contributed by atoms with van der Waals surface area (Å²) in [5.74, 6) is 0.587. The molecule has 3 aromatic carbocycles. The van der Waals surface area contributed by atoms with E-state index in [1.807, 2.05) is 46.2 Å². The number of thioether (sulfide) groups is 1. The van der Waals surface area contributed by atoms with E-state index in [0.717, 1.165) is 25.2 Å². The summed E-state index contributed by atoms with van der Waals surface area (Å²) in [6.45, 7) is 10.5. The Morgan fingerprint density at radius 3 is 2.03 bits per heavy atom. The lowest BCUT2D eigenvalue weighted by molar-refractivity contribution is -0.137. The van der Waals surface area contributed by atoms with Gasteiger partial charge in [-0.1, -0.05) is 93.6 Å². The highest BCUT2D eigenvalue weighted by atomic mass is 32.2. The molecule has 2 heterocycles. The van der Waals surface area contributed by atoms with Crippen LogP contribution in [-0.4, -0.2) is 64.5 Å². The van der Waals surface area contributed by atoms with Crippen LogP contribution < -0.4 is 0 Å². The number of carbonyl (C=O) groups excluding carboxylic acids is 2. The number of carbonyl (C=O) groups is 2. The van der Waals surface area contributed by atoms with Crippen molar-refractivity contribution in [1.82, 2.24) is 14.7 Å². The van der Waals surface area contributed by atoms with Crippen LogP contribution in [0.25, 0.3) is 0 Å². The average molecular weight is 528 g/mol. The zero-order valence-electron chi connectivity index (χ0n) is 22.5. The SMILES string of the molecule is CC(C)(C)c1ccc(C2SCC(C(=O)N3CCN(Cc4ccccc4)CC3)N2C(=O)c2ccccc2)cc1. The highest BCUT2D eigenvalue weighted by Gasteiger charge is 2.44. The average Bonchev–Trinajstić information content (AvgIpc) is 3.38. The van der Waals surface area contributed by atoms with E-state index in [9.17, 15) is 9.59 Å². The molecule has 5 nitrogen and oxygen atoms in total. The van der Waals surface area contributed by atoms with Crippen LogP contribution in [-0.2, 0) is 16.8 Å². The fourth-order valence-electron chi connectivity index (χ4n) is 5.26. The Labute approximate surface area is 230 Å². The lowest BCUT2D eigenvalue weighted by Gasteiger charge is -2.38. The van der Waals surface area contributed by atoms with Crippen LogP contribution in [0.1, 0.15) is 53.2 Å². The maximum atomic E-state index is 13.9. The van der Waals surface area contributed by atoms with Crippen molar-refractivity contribution in [3.63, 3.8) is 0 Å². The summed E-state index contributed by atoms with van der Waals surface area (Å²) < 4.78 is 0. The van der Waals surface area contributed by atoms with E-state index in [1.165, 1.54) is 11.1 Å². The number of hydrogen-bond donors (Lipinski definition) is 0. The highest BCUT2D eigenvalue weighted by Crippen LogP contribution is 2.43. The molecule has 2 aliphatic heterocycles. The molecule has 0 aliphatic carbocycles. The monoisotopic (exact) mass is 527 g/mol. The Balaban J connectivity index is 1.33. The largest absolute Gasteiger partial charge is 0.338 e. The van der Waals surface area contributed by atoms with E-state index in [1.54, 1.807) is 11.8 Å². The number of amides is 2. The topological polar surface area (TPSA) is 43.9 Å². The van der Waals surface area contributed by atoms with Crippen LogP contribution in [0.3, 0.4) is 0 Å². The first-order chi connectivity index (χ1) is 18.3. The minimum absolute atomic E-state index is 0.0576. The zero-order valence-corrected chi connectivity index (χ0v) is 23.4. The second kappa shape index (κ2) is 11.3. The molecular formula is C32H37N3O2S. The zero-order chi connectivity index (χ0) is 26.7. The molecule has 0 radical (unpaired) electrons. The molecule has 0 spiro atoms. The molecule has 5 rings (SSSR count). The van der Waals surface area contributed by atoms with Crippen LogP contribution in [0.5, 0.6) is 0 Å². The van der Waals surface area contributed by atoms with E-state index in [-0.39, 0.29) is 22.6 Å². The molecule has 2 aliphatic rings. The van der Waals surface area contributed by atoms with Crippen molar-refractivity contribution in [3.8, 4) is 0 Å². The maximum Gasteiger partial charge on any atom is 0.255 e. The van der Waals surface area contributed by atoms with E-state index >= 15 is 0 Å². The molecule has 2 unspecified atom stereocenters. The molecule has 0 aromatic heterocycles. The van der Waals surface area contributed by atoms with Crippen molar-refractivity contribution in [2.24, 2.45) is 0 Å². The van der Waals surface area contributed by atoms with Gasteiger partial charge in [-0.25, -0.2) is 0 Å². The number of benzene rings is 3. The third-order valence-corrected chi connectivity index (χ3v) is 8.86. The van der Waals surface area contributed by atoms with Crippen molar-refractivity contribution >= 4 is 23.6 Å². The third kappa shape index (κ3) is 5.82. The molecule has 2 fully saturated rings. The van der Waals surface area contributed by atoms with Crippen LogP contribution in [0.15, 0.2) is 84.9 Å². The van der Waals surface area contributed by atoms with Gasteiger partial charge in [-0.3, -0.25) is 14.5 Å². The second-order valence-corrected chi connectivity index (χ2v) is 12.4. The normalized spacial score (nSPS) is 20.5. The summed E-state index contributed by atoms with van der Waals surface area (Å²) in [6, 6.07) is 27.9. The highest BCUT2D eigenvalue weighted by molar-refractivity contribution is 7.99. The van der Waals surface area contributed by atoms with Gasteiger partial charge in [0.1, 0.15) is 11.4 Å². The van der Waals surface area contributed by atoms with Crippen LogP contribution >= 0.6 is 11.8 Å². The molecule has 2 atom stereocenters. The van der Waals surface area contributed by atoms with Gasteiger partial charge >= 0.3 is 0 Å². The predicted octanol–water partition coefficient (Wildman–Crippen LogP) is 5.58. The first-order valence-corrected chi connectivity index (χ1v) is 14.5. The summed E-state index contributed by atoms with van der Waals surface area (Å²) in [5, 5.41) is -0.190. The Hall–Kier alpha value is -3.09. The standard InChI is InChI=1S/C32H37N3O2S/c1-32(2,3)27-16-14-26(15-17-27)31-35(29(36)25-12-8-5-9-13-25)28(23-38-31)30(37)34-20-18-33(19-21-34)22-24-10-6-4-7-11-24/h4-17,28,31H,18-23H2,1-3H3. The van der Waals surface area contributed by atoms with E-state index in [0.29, 0.717) is 24.4 Å². The first-order valence-electron chi connectivity index (χ1n) is 13.5. The molecular weight excluding hydrogens is 490 g/mol. The van der Waals surface area contributed by atoms with Crippen molar-refractivity contribution in [2.45, 2.75) is 44.1 Å². The molecule has 198 valence electrons. The van der Waals surface area contributed by atoms with Crippen molar-refractivity contribution in [2.75, 3.05) is 31.9 Å². The summed E-state index contributed by atoms with van der Waals surface area (Å²) in [5.41, 5.74) is 4.29. The molecule has 0 N–H and O–H groups in total. The smallest absolute Gasteiger partial charge is 0.255 e. The quantitative estimate of drug-likeness (QED) is 0.434. The summed E-state index contributed by atoms with van der Waals surface area (Å²) in [7, 11) is 0. The first kappa shape index (κ1) is 26.5. The van der Waals surface area contributed by atoms with Crippen LogP contribution in [0.2, 0.25) is 0 Å². The fraction of sp³-hybridized carbons (Fsp3) is 0.375. The lowest BCUT2D eigenvalue weighted by atomic mass is 9.86. The summed E-state index contributed by atoms with van der Waals surface area (Å²) >= 11 is 1.69. The van der Waals surface area contributed by atoms with E-state index in [4.69, 9.17) is 0 Å². The number of rotatable bonds is 5. The van der Waals surface area contributed by atoms with Gasteiger partial charge in [0.05, 0.1) is 0 Å². The van der Waals surface area contributed by atoms with Gasteiger partial charge in [0.2, 0.25) is 5.91 Å². The van der Waals surface area contributed by atoms with Gasteiger partial charge in [-0.2, -0.15) is 0 Å².